The first-order chi connectivity index (χ1) is 23.2. The third-order valence-electron chi connectivity index (χ3n) is 9.15. The van der Waals surface area contributed by atoms with Crippen LogP contribution in [0, 0.1) is 5.92 Å². The normalized spacial score (nSPS) is 17.8. The highest BCUT2D eigenvalue weighted by atomic mass is 35.5. The van der Waals surface area contributed by atoms with E-state index in [-0.39, 0.29) is 37.9 Å². The fourth-order valence-corrected chi connectivity index (χ4v) is 6.79. The predicted octanol–water partition coefficient (Wildman–Crippen LogP) is 6.29. The van der Waals surface area contributed by atoms with Gasteiger partial charge in [0.05, 0.1) is 24.5 Å². The largest absolute Gasteiger partial charge is 0.395 e. The Balaban J connectivity index is 1.22. The minimum atomic E-state index is -1.92. The fraction of sp³-hybridized carbons (Fsp3) is 0.256. The van der Waals surface area contributed by atoms with Crippen molar-refractivity contribution in [3.8, 4) is 0 Å². The maximum Gasteiger partial charge on any atom is 0.264 e. The van der Waals surface area contributed by atoms with E-state index < -0.39 is 17.4 Å². The first-order valence-corrected chi connectivity index (χ1v) is 16.5. The van der Waals surface area contributed by atoms with Gasteiger partial charge in [0.2, 0.25) is 11.8 Å². The van der Waals surface area contributed by atoms with Gasteiger partial charge in [-0.05, 0) is 59.5 Å². The van der Waals surface area contributed by atoms with E-state index in [0.29, 0.717) is 41.3 Å². The average Bonchev–Trinajstić information content (AvgIpc) is 3.30. The number of rotatable bonds is 11. The summed E-state index contributed by atoms with van der Waals surface area (Å²) in [6.07, 6.45) is 4.50. The van der Waals surface area contributed by atoms with Gasteiger partial charge in [-0.15, -0.1) is 0 Å². The summed E-state index contributed by atoms with van der Waals surface area (Å²) in [5.41, 5.74) is 3.44. The summed E-state index contributed by atoms with van der Waals surface area (Å²) in [6, 6.07) is 30.0. The lowest BCUT2D eigenvalue weighted by atomic mass is 9.83. The molecule has 2 aliphatic rings. The highest BCUT2D eigenvalue weighted by Crippen LogP contribution is 2.47. The number of amides is 3. The number of carbonyl (C=O) groups excluding carboxylic acids is 3. The van der Waals surface area contributed by atoms with Gasteiger partial charge in [0.1, 0.15) is 0 Å². The second kappa shape index (κ2) is 14.2. The molecule has 0 bridgehead atoms. The van der Waals surface area contributed by atoms with E-state index in [1.807, 2.05) is 78.9 Å². The number of aryl methyl sites for hydroxylation is 1. The number of nitrogens with zero attached hydrogens (tertiary/aromatic N) is 3. The van der Waals surface area contributed by atoms with Crippen molar-refractivity contribution in [2.45, 2.75) is 44.9 Å². The monoisotopic (exact) mass is 663 g/mol. The van der Waals surface area contributed by atoms with Crippen molar-refractivity contribution in [1.29, 1.82) is 0 Å². The standard InChI is InChI=1S/C39H38ClN3O5/c1-27(9-7-16-36(45)41(21-22-44)25-28-10-3-2-4-11-28)39(48)33-24-31(40)18-19-35(33)42(38(39)47)26-29-12-8-14-32(23-29)43-34-15-6-5-13-30(34)17-20-37(43)46/h2-15,18-19,23-24,27,44,48H,16-17,20-22,25-26H2,1H3/b9-7+/t27-,39+/m0/s1. The second-order valence-corrected chi connectivity index (χ2v) is 12.7. The summed E-state index contributed by atoms with van der Waals surface area (Å²) < 4.78 is 0. The zero-order chi connectivity index (χ0) is 33.8. The number of hydrogen-bond acceptors (Lipinski definition) is 5. The van der Waals surface area contributed by atoms with Crippen LogP contribution in [0.25, 0.3) is 0 Å². The number of hydrogen-bond donors (Lipinski definition) is 2. The van der Waals surface area contributed by atoms with Crippen LogP contribution in [0.5, 0.6) is 0 Å². The van der Waals surface area contributed by atoms with Gasteiger partial charge in [0.25, 0.3) is 5.91 Å². The van der Waals surface area contributed by atoms with Crippen LogP contribution in [0.4, 0.5) is 17.1 Å². The molecule has 2 aliphatic heterocycles. The molecule has 8 nitrogen and oxygen atoms in total. The van der Waals surface area contributed by atoms with Crippen molar-refractivity contribution in [3.05, 3.63) is 136 Å². The molecule has 0 aliphatic carbocycles. The molecule has 0 aromatic heterocycles. The van der Waals surface area contributed by atoms with E-state index in [9.17, 15) is 24.6 Å². The number of aliphatic hydroxyl groups excluding tert-OH is 1. The Kier molecular flexibility index (Phi) is 9.78. The van der Waals surface area contributed by atoms with Crippen LogP contribution < -0.4 is 9.80 Å². The molecular formula is C39H38ClN3O5. The molecule has 2 atom stereocenters. The maximum absolute atomic E-state index is 14.2. The Morgan fingerprint density at radius 2 is 1.69 bits per heavy atom. The Bertz CT molecular complexity index is 1860. The molecule has 2 heterocycles. The second-order valence-electron chi connectivity index (χ2n) is 12.3. The third kappa shape index (κ3) is 6.52. The van der Waals surface area contributed by atoms with Crippen molar-refractivity contribution >= 4 is 46.4 Å². The van der Waals surface area contributed by atoms with Crippen LogP contribution >= 0.6 is 11.6 Å². The Labute approximate surface area is 285 Å². The molecule has 0 fully saturated rings. The average molecular weight is 664 g/mol. The van der Waals surface area contributed by atoms with Gasteiger partial charge >= 0.3 is 0 Å². The third-order valence-corrected chi connectivity index (χ3v) is 9.38. The minimum Gasteiger partial charge on any atom is -0.395 e. The SMILES string of the molecule is C[C@@H](/C=C/CC(=O)N(CCO)Cc1ccccc1)[C@]1(O)C(=O)N(Cc2cccc(N3C(=O)CCc4ccccc43)c2)c2ccc(Cl)cc21. The number of aliphatic hydroxyl groups is 2. The van der Waals surface area contributed by atoms with Crippen LogP contribution in [0.2, 0.25) is 5.02 Å². The van der Waals surface area contributed by atoms with Crippen LogP contribution in [0.1, 0.15) is 42.0 Å². The molecule has 0 unspecified atom stereocenters. The van der Waals surface area contributed by atoms with Gasteiger partial charge < -0.3 is 20.0 Å². The van der Waals surface area contributed by atoms with E-state index in [1.165, 1.54) is 0 Å². The molecular weight excluding hydrogens is 626 g/mol. The number of carbonyl (C=O) groups is 3. The van der Waals surface area contributed by atoms with Crippen LogP contribution in [0.3, 0.4) is 0 Å². The molecule has 0 saturated carbocycles. The smallest absolute Gasteiger partial charge is 0.264 e. The molecule has 0 saturated heterocycles. The molecule has 3 amide bonds. The molecule has 0 radical (unpaired) electrons. The minimum absolute atomic E-state index is 0.0103. The molecule has 4 aromatic rings. The number of halogens is 1. The van der Waals surface area contributed by atoms with Gasteiger partial charge in [-0.3, -0.25) is 19.3 Å². The van der Waals surface area contributed by atoms with Gasteiger partial charge in [0, 0.05) is 48.1 Å². The van der Waals surface area contributed by atoms with Crippen LogP contribution in [-0.2, 0) is 39.5 Å². The Morgan fingerprint density at radius 3 is 2.48 bits per heavy atom. The Hall–Kier alpha value is -4.76. The zero-order valence-corrected chi connectivity index (χ0v) is 27.5. The van der Waals surface area contributed by atoms with Crippen molar-refractivity contribution in [3.63, 3.8) is 0 Å². The summed E-state index contributed by atoms with van der Waals surface area (Å²) in [5.74, 6) is -1.37. The van der Waals surface area contributed by atoms with Crippen LogP contribution in [0.15, 0.2) is 109 Å². The first-order valence-electron chi connectivity index (χ1n) is 16.1. The van der Waals surface area contributed by atoms with E-state index in [2.05, 4.69) is 0 Å². The molecule has 48 heavy (non-hydrogen) atoms. The molecule has 6 rings (SSSR count). The summed E-state index contributed by atoms with van der Waals surface area (Å²) in [7, 11) is 0. The zero-order valence-electron chi connectivity index (χ0n) is 26.8. The van der Waals surface area contributed by atoms with E-state index in [4.69, 9.17) is 11.6 Å². The van der Waals surface area contributed by atoms with E-state index in [0.717, 1.165) is 22.4 Å². The maximum atomic E-state index is 14.2. The quantitative estimate of drug-likeness (QED) is 0.184. The predicted molar refractivity (Wildman–Crippen MR) is 187 cm³/mol. The molecule has 0 spiro atoms. The fourth-order valence-electron chi connectivity index (χ4n) is 6.62. The van der Waals surface area contributed by atoms with E-state index >= 15 is 0 Å². The number of para-hydroxylation sites is 1. The summed E-state index contributed by atoms with van der Waals surface area (Å²) >= 11 is 6.38. The highest BCUT2D eigenvalue weighted by Gasteiger charge is 2.52. The number of anilines is 3. The highest BCUT2D eigenvalue weighted by molar-refractivity contribution is 6.31. The van der Waals surface area contributed by atoms with Gasteiger partial charge in [0.15, 0.2) is 5.60 Å². The lowest BCUT2D eigenvalue weighted by Gasteiger charge is -2.30. The lowest BCUT2D eigenvalue weighted by Crippen LogP contribution is -2.44. The Morgan fingerprint density at radius 1 is 0.938 bits per heavy atom. The van der Waals surface area contributed by atoms with Crippen molar-refractivity contribution in [1.82, 2.24) is 4.90 Å². The van der Waals surface area contributed by atoms with Crippen molar-refractivity contribution < 1.29 is 24.6 Å². The van der Waals surface area contributed by atoms with Gasteiger partial charge in [-0.1, -0.05) is 91.3 Å². The lowest BCUT2D eigenvalue weighted by molar-refractivity contribution is -0.139. The summed E-state index contributed by atoms with van der Waals surface area (Å²) in [5, 5.41) is 22.1. The number of benzene rings is 4. The van der Waals surface area contributed by atoms with Crippen molar-refractivity contribution in [2.24, 2.45) is 5.92 Å². The summed E-state index contributed by atoms with van der Waals surface area (Å²) in [6.45, 7) is 2.30. The molecule has 246 valence electrons. The van der Waals surface area contributed by atoms with Crippen molar-refractivity contribution in [2.75, 3.05) is 23.0 Å². The van der Waals surface area contributed by atoms with E-state index in [1.54, 1.807) is 52.0 Å². The van der Waals surface area contributed by atoms with Gasteiger partial charge in [-0.2, -0.15) is 0 Å². The molecule has 9 heteroatoms. The first kappa shape index (κ1) is 33.2. The summed E-state index contributed by atoms with van der Waals surface area (Å²) in [4.78, 5) is 45.2. The topological polar surface area (TPSA) is 101 Å². The van der Waals surface area contributed by atoms with Crippen LogP contribution in [-0.4, -0.2) is 46.0 Å². The van der Waals surface area contributed by atoms with Gasteiger partial charge in [-0.25, -0.2) is 0 Å². The number of fused-ring (bicyclic) bond motifs is 2. The molecule has 2 N–H and O–H groups in total. The molecule has 4 aromatic carbocycles.